The average molecular weight is 170 g/mol. The van der Waals surface area contributed by atoms with Crippen LogP contribution in [0, 0.1) is 0 Å². The quantitative estimate of drug-likeness (QED) is 0.592. The van der Waals surface area contributed by atoms with Crippen LogP contribution < -0.4 is 5.32 Å². The predicted molar refractivity (Wildman–Crippen MR) is 53.4 cm³/mol. The summed E-state index contributed by atoms with van der Waals surface area (Å²) in [5, 5.41) is 3.52. The van der Waals surface area contributed by atoms with E-state index < -0.39 is 0 Å². The molecule has 72 valence electrons. The van der Waals surface area contributed by atoms with Gasteiger partial charge in [0.25, 0.3) is 0 Å². The van der Waals surface area contributed by atoms with E-state index in [4.69, 9.17) is 0 Å². The van der Waals surface area contributed by atoms with Gasteiger partial charge in [-0.1, -0.05) is 7.43 Å². The topological polar surface area (TPSA) is 15.3 Å². The summed E-state index contributed by atoms with van der Waals surface area (Å²) in [4.78, 5) is 2.63. The van der Waals surface area contributed by atoms with Crippen LogP contribution in [0.2, 0.25) is 0 Å². The molecule has 2 heteroatoms. The van der Waals surface area contributed by atoms with Crippen LogP contribution in [-0.2, 0) is 0 Å². The molecule has 2 saturated heterocycles. The molecule has 2 nitrogen and oxygen atoms in total. The highest BCUT2D eigenvalue weighted by Crippen LogP contribution is 2.29. The molecule has 2 unspecified atom stereocenters. The first kappa shape index (κ1) is 10.0. The Hall–Kier alpha value is -0.0800. The van der Waals surface area contributed by atoms with Gasteiger partial charge in [0.1, 0.15) is 0 Å². The van der Waals surface area contributed by atoms with E-state index in [-0.39, 0.29) is 7.43 Å². The fourth-order valence-electron chi connectivity index (χ4n) is 2.38. The fraction of sp³-hybridized carbons (Fsp3) is 1.00. The van der Waals surface area contributed by atoms with E-state index in [0.29, 0.717) is 5.54 Å². The van der Waals surface area contributed by atoms with Gasteiger partial charge in [-0.3, -0.25) is 4.90 Å². The van der Waals surface area contributed by atoms with Gasteiger partial charge in [-0.25, -0.2) is 0 Å². The molecule has 0 spiro atoms. The Morgan fingerprint density at radius 2 is 2.00 bits per heavy atom. The zero-order chi connectivity index (χ0) is 8.06. The lowest BCUT2D eigenvalue weighted by molar-refractivity contribution is 0.106. The van der Waals surface area contributed by atoms with E-state index in [1.807, 2.05) is 0 Å². The van der Waals surface area contributed by atoms with Crippen molar-refractivity contribution in [2.75, 3.05) is 13.1 Å². The molecular formula is C10H22N2. The van der Waals surface area contributed by atoms with Crippen LogP contribution in [0.3, 0.4) is 0 Å². The van der Waals surface area contributed by atoms with Gasteiger partial charge in [0.05, 0.1) is 0 Å². The van der Waals surface area contributed by atoms with Crippen molar-refractivity contribution in [2.45, 2.75) is 52.2 Å². The van der Waals surface area contributed by atoms with Crippen molar-refractivity contribution in [2.24, 2.45) is 0 Å². The molecule has 2 aliphatic rings. The lowest BCUT2D eigenvalue weighted by Gasteiger charge is -2.38. The fourth-order valence-corrected chi connectivity index (χ4v) is 2.38. The summed E-state index contributed by atoms with van der Waals surface area (Å²) in [6.07, 6.45) is 1.37. The molecule has 2 fully saturated rings. The van der Waals surface area contributed by atoms with Crippen LogP contribution in [0.25, 0.3) is 0 Å². The Morgan fingerprint density at radius 1 is 1.33 bits per heavy atom. The van der Waals surface area contributed by atoms with Crippen molar-refractivity contribution >= 4 is 0 Å². The van der Waals surface area contributed by atoms with Gasteiger partial charge in [-0.05, 0) is 27.2 Å². The van der Waals surface area contributed by atoms with E-state index in [9.17, 15) is 0 Å². The second-order valence-electron chi connectivity index (χ2n) is 4.82. The van der Waals surface area contributed by atoms with E-state index in [2.05, 4.69) is 31.0 Å². The van der Waals surface area contributed by atoms with Gasteiger partial charge in [-0.2, -0.15) is 0 Å². The van der Waals surface area contributed by atoms with Crippen molar-refractivity contribution in [3.63, 3.8) is 0 Å². The third kappa shape index (κ3) is 1.50. The Bertz CT molecular complexity index is 160. The minimum atomic E-state index is 0. The molecule has 0 aliphatic carbocycles. The summed E-state index contributed by atoms with van der Waals surface area (Å²) in [6, 6.07) is 1.61. The highest BCUT2D eigenvalue weighted by atomic mass is 15.3. The number of hydrogen-bond donors (Lipinski definition) is 1. The maximum absolute atomic E-state index is 3.52. The van der Waals surface area contributed by atoms with E-state index in [0.717, 1.165) is 12.1 Å². The molecule has 0 saturated carbocycles. The van der Waals surface area contributed by atoms with Crippen LogP contribution in [-0.4, -0.2) is 35.6 Å². The first-order valence-corrected chi connectivity index (χ1v) is 4.57. The number of likely N-dealkylation sites (tertiary alicyclic amines) is 1. The summed E-state index contributed by atoms with van der Waals surface area (Å²) >= 11 is 0. The molecule has 2 bridgehead atoms. The SMILES string of the molecule is C.CC(C)(C)N1CC2CC1CN2. The van der Waals surface area contributed by atoms with Gasteiger partial charge in [0.15, 0.2) is 0 Å². The monoisotopic (exact) mass is 170 g/mol. The summed E-state index contributed by atoms with van der Waals surface area (Å²) in [6.45, 7) is 9.41. The summed E-state index contributed by atoms with van der Waals surface area (Å²) in [5.74, 6) is 0. The van der Waals surface area contributed by atoms with E-state index >= 15 is 0 Å². The molecule has 0 aromatic heterocycles. The lowest BCUT2D eigenvalue weighted by Crippen LogP contribution is -2.52. The van der Waals surface area contributed by atoms with Crippen molar-refractivity contribution in [3.8, 4) is 0 Å². The second-order valence-corrected chi connectivity index (χ2v) is 4.82. The first-order chi connectivity index (χ1) is 5.07. The van der Waals surface area contributed by atoms with Gasteiger partial charge in [0.2, 0.25) is 0 Å². The lowest BCUT2D eigenvalue weighted by atomic mass is 10.0. The number of hydrogen-bond acceptors (Lipinski definition) is 2. The summed E-state index contributed by atoms with van der Waals surface area (Å²) < 4.78 is 0. The maximum Gasteiger partial charge on any atom is 0.0241 e. The molecule has 0 radical (unpaired) electrons. The molecule has 2 atom stereocenters. The average Bonchev–Trinajstić information content (AvgIpc) is 2.42. The maximum atomic E-state index is 3.52. The van der Waals surface area contributed by atoms with Gasteiger partial charge in [0, 0.05) is 30.7 Å². The Labute approximate surface area is 76.3 Å². The summed E-state index contributed by atoms with van der Waals surface area (Å²) in [7, 11) is 0. The first-order valence-electron chi connectivity index (χ1n) is 4.57. The van der Waals surface area contributed by atoms with Crippen molar-refractivity contribution in [3.05, 3.63) is 0 Å². The summed E-state index contributed by atoms with van der Waals surface area (Å²) in [5.41, 5.74) is 0.377. The Morgan fingerprint density at radius 3 is 2.25 bits per heavy atom. The number of nitrogens with one attached hydrogen (secondary N) is 1. The van der Waals surface area contributed by atoms with Crippen molar-refractivity contribution < 1.29 is 0 Å². The van der Waals surface area contributed by atoms with E-state index in [1.165, 1.54) is 19.5 Å². The highest BCUT2D eigenvalue weighted by Gasteiger charge is 2.41. The molecule has 0 aromatic rings. The molecule has 0 aromatic carbocycles. The zero-order valence-electron chi connectivity index (χ0n) is 7.72. The number of rotatable bonds is 0. The van der Waals surface area contributed by atoms with Gasteiger partial charge < -0.3 is 5.32 Å². The normalized spacial score (nSPS) is 35.2. The standard InChI is InChI=1S/C9H18N2.CH4/c1-9(2,3)11-6-7-4-8(11)5-10-7;/h7-8,10H,4-6H2,1-3H3;1H4. The number of piperazine rings is 1. The number of fused-ring (bicyclic) bond motifs is 2. The Kier molecular flexibility index (Phi) is 2.50. The van der Waals surface area contributed by atoms with Gasteiger partial charge in [-0.15, -0.1) is 0 Å². The second kappa shape index (κ2) is 3.00. The van der Waals surface area contributed by atoms with Crippen LogP contribution >= 0.6 is 0 Å². The predicted octanol–water partition coefficient (Wildman–Crippen LogP) is 1.47. The van der Waals surface area contributed by atoms with Gasteiger partial charge >= 0.3 is 0 Å². The largest absolute Gasteiger partial charge is 0.311 e. The van der Waals surface area contributed by atoms with Crippen molar-refractivity contribution in [1.82, 2.24) is 10.2 Å². The van der Waals surface area contributed by atoms with E-state index in [1.54, 1.807) is 0 Å². The molecule has 12 heavy (non-hydrogen) atoms. The number of nitrogens with zero attached hydrogens (tertiary/aromatic N) is 1. The van der Waals surface area contributed by atoms with Crippen LogP contribution in [0.1, 0.15) is 34.6 Å². The third-order valence-electron chi connectivity index (χ3n) is 2.92. The molecule has 2 heterocycles. The molecule has 1 N–H and O–H groups in total. The minimum Gasteiger partial charge on any atom is -0.311 e. The third-order valence-corrected chi connectivity index (χ3v) is 2.92. The molecule has 2 rings (SSSR count). The van der Waals surface area contributed by atoms with Crippen molar-refractivity contribution in [1.29, 1.82) is 0 Å². The van der Waals surface area contributed by atoms with Crippen LogP contribution in [0.5, 0.6) is 0 Å². The zero-order valence-corrected chi connectivity index (χ0v) is 7.72. The van der Waals surface area contributed by atoms with Crippen LogP contribution in [0.15, 0.2) is 0 Å². The molecule has 2 aliphatic heterocycles. The molecular weight excluding hydrogens is 148 g/mol. The Balaban J connectivity index is 0.000000720. The minimum absolute atomic E-state index is 0. The molecule has 0 amide bonds. The van der Waals surface area contributed by atoms with Crippen LogP contribution in [0.4, 0.5) is 0 Å². The highest BCUT2D eigenvalue weighted by molar-refractivity contribution is 5.01. The smallest absolute Gasteiger partial charge is 0.0241 e.